The van der Waals surface area contributed by atoms with Crippen LogP contribution in [0.3, 0.4) is 0 Å². The minimum absolute atomic E-state index is 0.0588. The number of carbonyl (C=O) groups excluding carboxylic acids is 1. The number of benzene rings is 3. The SMILES string of the molecule is COc1ccc(NS(=O)(=O)c2ccc(NC(=S)NC(=O)COc3ccc(C)cc3Br)cc2)cc1. The van der Waals surface area contributed by atoms with E-state index in [-0.39, 0.29) is 16.6 Å². The molecular weight excluding hydrogens is 542 g/mol. The number of halogens is 1. The third-order valence-electron chi connectivity index (χ3n) is 4.46. The van der Waals surface area contributed by atoms with Crippen LogP contribution in [0.4, 0.5) is 11.4 Å². The van der Waals surface area contributed by atoms with Crippen molar-refractivity contribution in [2.24, 2.45) is 0 Å². The molecule has 1 amide bonds. The highest BCUT2D eigenvalue weighted by atomic mass is 79.9. The maximum absolute atomic E-state index is 12.6. The summed E-state index contributed by atoms with van der Waals surface area (Å²) in [6, 6.07) is 18.0. The average Bonchev–Trinajstić information content (AvgIpc) is 2.79. The highest BCUT2D eigenvalue weighted by Gasteiger charge is 2.15. The van der Waals surface area contributed by atoms with Crippen LogP contribution in [0.15, 0.2) is 76.1 Å². The van der Waals surface area contributed by atoms with Gasteiger partial charge in [0.15, 0.2) is 11.7 Å². The van der Waals surface area contributed by atoms with E-state index < -0.39 is 15.9 Å². The number of anilines is 2. The molecule has 0 unspecified atom stereocenters. The number of carbonyl (C=O) groups is 1. The molecule has 0 atom stereocenters. The van der Waals surface area contributed by atoms with Gasteiger partial charge in [-0.3, -0.25) is 14.8 Å². The van der Waals surface area contributed by atoms with Gasteiger partial charge in [0.25, 0.3) is 15.9 Å². The van der Waals surface area contributed by atoms with Crippen molar-refractivity contribution in [3.63, 3.8) is 0 Å². The topological polar surface area (TPSA) is 106 Å². The molecule has 0 heterocycles. The first-order valence-corrected chi connectivity index (χ1v) is 12.6. The fourth-order valence-electron chi connectivity index (χ4n) is 2.78. The van der Waals surface area contributed by atoms with Gasteiger partial charge in [-0.15, -0.1) is 0 Å². The molecule has 0 aliphatic rings. The molecule has 34 heavy (non-hydrogen) atoms. The lowest BCUT2D eigenvalue weighted by molar-refractivity contribution is -0.121. The molecule has 0 fully saturated rings. The fraction of sp³-hybridized carbons (Fsp3) is 0.130. The van der Waals surface area contributed by atoms with Gasteiger partial charge in [0.2, 0.25) is 0 Å². The van der Waals surface area contributed by atoms with Gasteiger partial charge in [-0.2, -0.15) is 0 Å². The Balaban J connectivity index is 1.52. The van der Waals surface area contributed by atoms with Crippen molar-refractivity contribution >= 4 is 60.6 Å². The molecular formula is C23H22BrN3O5S2. The monoisotopic (exact) mass is 563 g/mol. The van der Waals surface area contributed by atoms with Gasteiger partial charge in [-0.1, -0.05) is 6.07 Å². The molecule has 178 valence electrons. The number of rotatable bonds is 8. The molecule has 0 saturated carbocycles. The maximum Gasteiger partial charge on any atom is 0.264 e. The second-order valence-corrected chi connectivity index (χ2v) is 10.0. The zero-order valence-corrected chi connectivity index (χ0v) is 21.5. The Labute approximate surface area is 211 Å². The first-order valence-electron chi connectivity index (χ1n) is 9.93. The largest absolute Gasteiger partial charge is 0.497 e. The number of hydrogen-bond donors (Lipinski definition) is 3. The Kier molecular flexibility index (Phi) is 8.48. The minimum Gasteiger partial charge on any atom is -0.497 e. The van der Waals surface area contributed by atoms with Crippen molar-refractivity contribution < 1.29 is 22.7 Å². The van der Waals surface area contributed by atoms with E-state index in [4.69, 9.17) is 21.7 Å². The van der Waals surface area contributed by atoms with Crippen LogP contribution in [0, 0.1) is 6.92 Å². The molecule has 3 rings (SSSR count). The van der Waals surface area contributed by atoms with Crippen molar-refractivity contribution in [2.75, 3.05) is 23.8 Å². The van der Waals surface area contributed by atoms with E-state index in [9.17, 15) is 13.2 Å². The first-order chi connectivity index (χ1) is 16.2. The van der Waals surface area contributed by atoms with Gasteiger partial charge >= 0.3 is 0 Å². The third kappa shape index (κ3) is 7.17. The van der Waals surface area contributed by atoms with Gasteiger partial charge in [-0.25, -0.2) is 8.42 Å². The number of aryl methyl sites for hydroxylation is 1. The number of nitrogens with one attached hydrogen (secondary N) is 3. The van der Waals surface area contributed by atoms with E-state index >= 15 is 0 Å². The normalized spacial score (nSPS) is 10.8. The van der Waals surface area contributed by atoms with Gasteiger partial charge in [0.05, 0.1) is 16.5 Å². The number of sulfonamides is 1. The molecule has 3 N–H and O–H groups in total. The van der Waals surface area contributed by atoms with E-state index in [1.54, 1.807) is 42.5 Å². The van der Waals surface area contributed by atoms with Crippen LogP contribution < -0.4 is 24.8 Å². The lowest BCUT2D eigenvalue weighted by Gasteiger charge is -2.12. The molecule has 0 aliphatic carbocycles. The number of methoxy groups -OCH3 is 1. The molecule has 0 spiro atoms. The minimum atomic E-state index is -3.78. The summed E-state index contributed by atoms with van der Waals surface area (Å²) < 4.78 is 39.0. The second-order valence-electron chi connectivity index (χ2n) is 7.08. The van der Waals surface area contributed by atoms with Gasteiger partial charge < -0.3 is 14.8 Å². The Bertz CT molecular complexity index is 1280. The van der Waals surface area contributed by atoms with Gasteiger partial charge in [-0.05, 0) is 101 Å². The smallest absolute Gasteiger partial charge is 0.264 e. The van der Waals surface area contributed by atoms with E-state index in [2.05, 4.69) is 31.3 Å². The number of ether oxygens (including phenoxy) is 2. The van der Waals surface area contributed by atoms with Crippen LogP contribution in [0.1, 0.15) is 5.56 Å². The van der Waals surface area contributed by atoms with Crippen LogP contribution in [0.2, 0.25) is 0 Å². The zero-order chi connectivity index (χ0) is 24.7. The lowest BCUT2D eigenvalue weighted by atomic mass is 10.2. The summed E-state index contributed by atoms with van der Waals surface area (Å²) in [6.45, 7) is 1.72. The van der Waals surface area contributed by atoms with Crippen LogP contribution in [-0.2, 0) is 14.8 Å². The van der Waals surface area contributed by atoms with Crippen molar-refractivity contribution in [3.8, 4) is 11.5 Å². The molecule has 0 aromatic heterocycles. The molecule has 3 aromatic rings. The Morgan fingerprint density at radius 1 is 1.00 bits per heavy atom. The molecule has 0 aliphatic heterocycles. The van der Waals surface area contributed by atoms with Crippen molar-refractivity contribution in [2.45, 2.75) is 11.8 Å². The van der Waals surface area contributed by atoms with Gasteiger partial charge in [0, 0.05) is 11.4 Å². The lowest BCUT2D eigenvalue weighted by Crippen LogP contribution is -2.37. The van der Waals surface area contributed by atoms with Crippen molar-refractivity contribution in [1.29, 1.82) is 0 Å². The van der Waals surface area contributed by atoms with Crippen LogP contribution >= 0.6 is 28.1 Å². The highest BCUT2D eigenvalue weighted by molar-refractivity contribution is 9.10. The average molecular weight is 564 g/mol. The summed E-state index contributed by atoms with van der Waals surface area (Å²) in [5, 5.41) is 5.41. The molecule has 0 radical (unpaired) electrons. The van der Waals surface area contributed by atoms with E-state index in [0.717, 1.165) is 10.0 Å². The number of amides is 1. The number of thiocarbonyl (C=S) groups is 1. The summed E-state index contributed by atoms with van der Waals surface area (Å²) in [7, 11) is -2.25. The predicted molar refractivity (Wildman–Crippen MR) is 139 cm³/mol. The van der Waals surface area contributed by atoms with Gasteiger partial charge in [0.1, 0.15) is 11.5 Å². The van der Waals surface area contributed by atoms with Crippen LogP contribution in [0.25, 0.3) is 0 Å². The van der Waals surface area contributed by atoms with E-state index in [0.29, 0.717) is 22.9 Å². The number of hydrogen-bond acceptors (Lipinski definition) is 6. The summed E-state index contributed by atoms with van der Waals surface area (Å²) in [6.07, 6.45) is 0. The first kappa shape index (κ1) is 25.5. The Morgan fingerprint density at radius 3 is 2.26 bits per heavy atom. The summed E-state index contributed by atoms with van der Waals surface area (Å²) in [5.41, 5.74) is 1.98. The fourth-order valence-corrected chi connectivity index (χ4v) is 4.68. The predicted octanol–water partition coefficient (Wildman–Crippen LogP) is 4.46. The maximum atomic E-state index is 12.6. The molecule has 8 nitrogen and oxygen atoms in total. The summed E-state index contributed by atoms with van der Waals surface area (Å²) in [4.78, 5) is 12.2. The summed E-state index contributed by atoms with van der Waals surface area (Å²) >= 11 is 8.54. The van der Waals surface area contributed by atoms with E-state index in [1.807, 2.05) is 19.1 Å². The quantitative estimate of drug-likeness (QED) is 0.347. The Hall–Kier alpha value is -3.15. The van der Waals surface area contributed by atoms with Crippen molar-refractivity contribution in [1.82, 2.24) is 5.32 Å². The highest BCUT2D eigenvalue weighted by Crippen LogP contribution is 2.25. The zero-order valence-electron chi connectivity index (χ0n) is 18.3. The second kappa shape index (κ2) is 11.3. The third-order valence-corrected chi connectivity index (χ3v) is 6.68. The molecule has 11 heteroatoms. The van der Waals surface area contributed by atoms with E-state index in [1.165, 1.54) is 19.2 Å². The molecule has 3 aromatic carbocycles. The Morgan fingerprint density at radius 2 is 1.65 bits per heavy atom. The van der Waals surface area contributed by atoms with Crippen molar-refractivity contribution in [3.05, 3.63) is 76.8 Å². The van der Waals surface area contributed by atoms with Crippen LogP contribution in [0.5, 0.6) is 11.5 Å². The summed E-state index contributed by atoms with van der Waals surface area (Å²) in [5.74, 6) is 0.726. The van der Waals surface area contributed by atoms with Crippen LogP contribution in [-0.4, -0.2) is 33.2 Å². The molecule has 0 bridgehead atoms. The standard InChI is InChI=1S/C23H22BrN3O5S2/c1-15-3-12-21(20(24)13-15)32-14-22(28)26-23(33)25-16-6-10-19(11-7-16)34(29,30)27-17-4-8-18(31-2)9-5-17/h3-13,27H,14H2,1-2H3,(H2,25,26,28,33). The molecule has 0 saturated heterocycles.